The smallest absolute Gasteiger partial charge is 0.243 e. The average molecular weight is 300 g/mol. The van der Waals surface area contributed by atoms with Crippen LogP contribution in [0.3, 0.4) is 0 Å². The van der Waals surface area contributed by atoms with E-state index in [1.807, 2.05) is 6.92 Å². The molecule has 112 valence electrons. The minimum Gasteiger partial charge on any atom is -0.383 e. The summed E-state index contributed by atoms with van der Waals surface area (Å²) in [4.78, 5) is 11.8. The number of aryl methyl sites for hydroxylation is 1. The van der Waals surface area contributed by atoms with Crippen LogP contribution in [0.2, 0.25) is 0 Å². The molecule has 1 amide bonds. The van der Waals surface area contributed by atoms with Gasteiger partial charge in [-0.2, -0.15) is 4.31 Å². The molecule has 0 unspecified atom stereocenters. The molecular formula is C13H20N2O4S. The molecule has 1 aromatic rings. The summed E-state index contributed by atoms with van der Waals surface area (Å²) in [7, 11) is -0.732. The highest BCUT2D eigenvalue weighted by Gasteiger charge is 2.22. The summed E-state index contributed by atoms with van der Waals surface area (Å²) in [6, 6.07) is 6.51. The number of benzene rings is 1. The van der Waals surface area contributed by atoms with Crippen LogP contribution in [0, 0.1) is 6.92 Å². The van der Waals surface area contributed by atoms with Gasteiger partial charge in [0.25, 0.3) is 0 Å². The second kappa shape index (κ2) is 7.37. The van der Waals surface area contributed by atoms with Gasteiger partial charge in [0.1, 0.15) is 0 Å². The molecule has 0 spiro atoms. The normalized spacial score (nSPS) is 11.6. The molecule has 1 rings (SSSR count). The van der Waals surface area contributed by atoms with Crippen LogP contribution in [0.1, 0.15) is 5.56 Å². The number of ether oxygens (including phenoxy) is 1. The maximum absolute atomic E-state index is 12.2. The third kappa shape index (κ3) is 4.59. The average Bonchev–Trinajstić information content (AvgIpc) is 2.39. The second-order valence-electron chi connectivity index (χ2n) is 4.42. The van der Waals surface area contributed by atoms with Crippen molar-refractivity contribution in [2.75, 3.05) is 33.9 Å². The van der Waals surface area contributed by atoms with Crippen LogP contribution in [0.4, 0.5) is 0 Å². The van der Waals surface area contributed by atoms with E-state index in [-0.39, 0.29) is 17.3 Å². The van der Waals surface area contributed by atoms with Gasteiger partial charge in [0.15, 0.2) is 0 Å². The standard InChI is InChI=1S/C13H20N2O4S/c1-11-4-6-12(7-5-11)20(17,18)15(2)10-13(16)14-8-9-19-3/h4-7H,8-10H2,1-3H3,(H,14,16). The van der Waals surface area contributed by atoms with Gasteiger partial charge in [0.05, 0.1) is 18.0 Å². The molecule has 0 fully saturated rings. The van der Waals surface area contributed by atoms with Crippen molar-refractivity contribution in [1.29, 1.82) is 0 Å². The fraction of sp³-hybridized carbons (Fsp3) is 0.462. The molecule has 0 heterocycles. The lowest BCUT2D eigenvalue weighted by molar-refractivity contribution is -0.121. The van der Waals surface area contributed by atoms with Gasteiger partial charge in [0.2, 0.25) is 15.9 Å². The number of nitrogens with one attached hydrogen (secondary N) is 1. The Morgan fingerprint density at radius 3 is 2.45 bits per heavy atom. The number of likely N-dealkylation sites (N-methyl/N-ethyl adjacent to an activating group) is 1. The Kier molecular flexibility index (Phi) is 6.12. The Morgan fingerprint density at radius 2 is 1.90 bits per heavy atom. The predicted octanol–water partition coefficient (Wildman–Crippen LogP) is 0.378. The molecule has 0 saturated carbocycles. The van der Waals surface area contributed by atoms with Gasteiger partial charge < -0.3 is 10.1 Å². The van der Waals surface area contributed by atoms with Crippen molar-refractivity contribution >= 4 is 15.9 Å². The van der Waals surface area contributed by atoms with Crippen molar-refractivity contribution in [3.8, 4) is 0 Å². The molecule has 1 aromatic carbocycles. The van der Waals surface area contributed by atoms with Crippen LogP contribution in [0.15, 0.2) is 29.2 Å². The van der Waals surface area contributed by atoms with Gasteiger partial charge >= 0.3 is 0 Å². The predicted molar refractivity (Wildman–Crippen MR) is 75.9 cm³/mol. The molecule has 0 atom stereocenters. The van der Waals surface area contributed by atoms with Crippen molar-refractivity contribution in [3.05, 3.63) is 29.8 Å². The van der Waals surface area contributed by atoms with Crippen LogP contribution in [0.5, 0.6) is 0 Å². The topological polar surface area (TPSA) is 75.7 Å². The molecule has 6 nitrogen and oxygen atoms in total. The number of sulfonamides is 1. The summed E-state index contributed by atoms with van der Waals surface area (Å²) in [5, 5.41) is 2.58. The summed E-state index contributed by atoms with van der Waals surface area (Å²) in [6.07, 6.45) is 0. The maximum atomic E-state index is 12.2. The molecule has 0 aliphatic rings. The number of hydrogen-bond donors (Lipinski definition) is 1. The number of methoxy groups -OCH3 is 1. The van der Waals surface area contributed by atoms with Gasteiger partial charge in [-0.05, 0) is 19.1 Å². The molecule has 0 aliphatic heterocycles. The number of hydrogen-bond acceptors (Lipinski definition) is 4. The highest BCUT2D eigenvalue weighted by Crippen LogP contribution is 2.14. The summed E-state index contributed by atoms with van der Waals surface area (Å²) in [5.74, 6) is -0.361. The van der Waals surface area contributed by atoms with E-state index in [0.717, 1.165) is 9.87 Å². The highest BCUT2D eigenvalue weighted by molar-refractivity contribution is 7.89. The second-order valence-corrected chi connectivity index (χ2v) is 6.46. The number of amides is 1. The third-order valence-corrected chi connectivity index (χ3v) is 4.54. The summed E-state index contributed by atoms with van der Waals surface area (Å²) < 4.78 is 30.3. The van der Waals surface area contributed by atoms with E-state index in [4.69, 9.17) is 4.74 Å². The summed E-state index contributed by atoms with van der Waals surface area (Å²) >= 11 is 0. The van der Waals surface area contributed by atoms with Crippen molar-refractivity contribution < 1.29 is 17.9 Å². The highest BCUT2D eigenvalue weighted by atomic mass is 32.2. The zero-order valence-electron chi connectivity index (χ0n) is 11.9. The number of carbonyl (C=O) groups is 1. The molecule has 20 heavy (non-hydrogen) atoms. The monoisotopic (exact) mass is 300 g/mol. The lowest BCUT2D eigenvalue weighted by Crippen LogP contribution is -2.39. The molecule has 0 aliphatic carbocycles. The van der Waals surface area contributed by atoms with Crippen LogP contribution in [-0.2, 0) is 19.6 Å². The van der Waals surface area contributed by atoms with E-state index >= 15 is 0 Å². The lowest BCUT2D eigenvalue weighted by atomic mass is 10.2. The van der Waals surface area contributed by atoms with E-state index in [1.165, 1.54) is 26.3 Å². The first kappa shape index (κ1) is 16.6. The van der Waals surface area contributed by atoms with E-state index < -0.39 is 10.0 Å². The van der Waals surface area contributed by atoms with Crippen LogP contribution < -0.4 is 5.32 Å². The minimum atomic E-state index is -3.64. The van der Waals surface area contributed by atoms with Gasteiger partial charge in [-0.1, -0.05) is 17.7 Å². The van der Waals surface area contributed by atoms with E-state index in [9.17, 15) is 13.2 Å². The van der Waals surface area contributed by atoms with Gasteiger partial charge in [-0.15, -0.1) is 0 Å². The Morgan fingerprint density at radius 1 is 1.30 bits per heavy atom. The largest absolute Gasteiger partial charge is 0.383 e. The molecule has 1 N–H and O–H groups in total. The fourth-order valence-corrected chi connectivity index (χ4v) is 2.65. The Labute approximate surface area is 119 Å². The van der Waals surface area contributed by atoms with Crippen LogP contribution >= 0.6 is 0 Å². The van der Waals surface area contributed by atoms with Crippen molar-refractivity contribution in [2.45, 2.75) is 11.8 Å². The molecule has 0 aromatic heterocycles. The first-order valence-electron chi connectivity index (χ1n) is 6.16. The van der Waals surface area contributed by atoms with Gasteiger partial charge in [-0.3, -0.25) is 4.79 Å². The number of rotatable bonds is 7. The zero-order valence-corrected chi connectivity index (χ0v) is 12.7. The Bertz CT molecular complexity index is 540. The SMILES string of the molecule is COCCNC(=O)CN(C)S(=O)(=O)c1ccc(C)cc1. The Balaban J connectivity index is 2.68. The Hall–Kier alpha value is -1.44. The zero-order chi connectivity index (χ0) is 15.2. The van der Waals surface area contributed by atoms with Crippen LogP contribution in [0.25, 0.3) is 0 Å². The van der Waals surface area contributed by atoms with Crippen molar-refractivity contribution in [1.82, 2.24) is 9.62 Å². The van der Waals surface area contributed by atoms with Crippen molar-refractivity contribution in [3.63, 3.8) is 0 Å². The maximum Gasteiger partial charge on any atom is 0.243 e. The lowest BCUT2D eigenvalue weighted by Gasteiger charge is -2.17. The fourth-order valence-electron chi connectivity index (χ4n) is 1.53. The van der Waals surface area contributed by atoms with Gasteiger partial charge in [0, 0.05) is 20.7 Å². The number of nitrogens with zero attached hydrogens (tertiary/aromatic N) is 1. The summed E-state index contributed by atoms with van der Waals surface area (Å²) in [5.41, 5.74) is 0.976. The van der Waals surface area contributed by atoms with E-state index in [0.29, 0.717) is 13.2 Å². The van der Waals surface area contributed by atoms with Crippen LogP contribution in [-0.4, -0.2) is 52.5 Å². The van der Waals surface area contributed by atoms with E-state index in [1.54, 1.807) is 12.1 Å². The first-order chi connectivity index (χ1) is 9.37. The first-order valence-corrected chi connectivity index (χ1v) is 7.60. The van der Waals surface area contributed by atoms with Gasteiger partial charge in [-0.25, -0.2) is 8.42 Å². The minimum absolute atomic E-state index is 0.176. The summed E-state index contributed by atoms with van der Waals surface area (Å²) in [6.45, 7) is 2.40. The molecular weight excluding hydrogens is 280 g/mol. The quantitative estimate of drug-likeness (QED) is 0.739. The van der Waals surface area contributed by atoms with E-state index in [2.05, 4.69) is 5.32 Å². The molecule has 0 bridgehead atoms. The third-order valence-electron chi connectivity index (χ3n) is 2.72. The molecule has 0 saturated heterocycles. The van der Waals surface area contributed by atoms with Crippen molar-refractivity contribution in [2.24, 2.45) is 0 Å². The molecule has 7 heteroatoms. The molecule has 0 radical (unpaired) electrons. The number of carbonyl (C=O) groups excluding carboxylic acids is 1.